The smallest absolute Gasteiger partial charge is 0.0711 e. The Balaban J connectivity index is 1.71. The maximum atomic E-state index is 5.79. The monoisotopic (exact) mass is 227 g/mol. The number of hydrogen-bond acceptors (Lipinski definition) is 2. The quantitative estimate of drug-likeness (QED) is 0.577. The van der Waals surface area contributed by atoms with Crippen LogP contribution >= 0.6 is 0 Å². The Morgan fingerprint density at radius 1 is 1.00 bits per heavy atom. The first kappa shape index (κ1) is 14.0. The first-order chi connectivity index (χ1) is 7.93. The van der Waals surface area contributed by atoms with E-state index in [1.807, 2.05) is 0 Å². The van der Waals surface area contributed by atoms with E-state index < -0.39 is 0 Å². The predicted octanol–water partition coefficient (Wildman–Crippen LogP) is 3.51. The fraction of sp³-hybridized carbons (Fsp3) is 1.00. The van der Waals surface area contributed by atoms with Crippen molar-refractivity contribution in [3.05, 3.63) is 0 Å². The zero-order valence-corrected chi connectivity index (χ0v) is 11.0. The summed E-state index contributed by atoms with van der Waals surface area (Å²) in [5, 5.41) is 3.33. The lowest BCUT2D eigenvalue weighted by molar-refractivity contribution is 0.0641. The second kappa shape index (κ2) is 10.1. The molecule has 1 aliphatic rings. The summed E-state index contributed by atoms with van der Waals surface area (Å²) in [6.45, 7) is 5.45. The van der Waals surface area contributed by atoms with Crippen molar-refractivity contribution in [3.63, 3.8) is 0 Å². The Hall–Kier alpha value is -0.0800. The molecule has 2 nitrogen and oxygen atoms in total. The van der Waals surface area contributed by atoms with Gasteiger partial charge in [0.25, 0.3) is 0 Å². The van der Waals surface area contributed by atoms with Gasteiger partial charge in [-0.15, -0.1) is 0 Å². The van der Waals surface area contributed by atoms with Crippen LogP contribution in [0.3, 0.4) is 0 Å². The maximum absolute atomic E-state index is 5.79. The molecule has 1 aliphatic heterocycles. The number of rotatable bonds is 10. The van der Waals surface area contributed by atoms with Gasteiger partial charge in [-0.25, -0.2) is 0 Å². The molecule has 0 saturated carbocycles. The van der Waals surface area contributed by atoms with Crippen LogP contribution < -0.4 is 5.32 Å². The van der Waals surface area contributed by atoms with Gasteiger partial charge in [-0.1, -0.05) is 51.9 Å². The summed E-state index contributed by atoms with van der Waals surface area (Å²) in [6.07, 6.45) is 12.8. The highest BCUT2D eigenvalue weighted by atomic mass is 16.5. The van der Waals surface area contributed by atoms with Crippen molar-refractivity contribution in [2.45, 2.75) is 70.8 Å². The van der Waals surface area contributed by atoms with Crippen molar-refractivity contribution in [2.75, 3.05) is 19.7 Å². The van der Waals surface area contributed by atoms with E-state index in [2.05, 4.69) is 12.2 Å². The van der Waals surface area contributed by atoms with Crippen molar-refractivity contribution < 1.29 is 4.74 Å². The number of hydrogen-bond donors (Lipinski definition) is 1. The highest BCUT2D eigenvalue weighted by molar-refractivity contribution is 4.70. The van der Waals surface area contributed by atoms with Gasteiger partial charge >= 0.3 is 0 Å². The van der Waals surface area contributed by atoms with Crippen molar-refractivity contribution in [1.82, 2.24) is 5.32 Å². The average Bonchev–Trinajstić information content (AvgIpc) is 2.80. The van der Waals surface area contributed by atoms with Gasteiger partial charge in [-0.2, -0.15) is 0 Å². The van der Waals surface area contributed by atoms with Gasteiger partial charge in [0.2, 0.25) is 0 Å². The average molecular weight is 227 g/mol. The molecule has 0 aromatic rings. The van der Waals surface area contributed by atoms with E-state index in [1.54, 1.807) is 0 Å². The molecule has 0 aliphatic carbocycles. The Labute approximate surface area is 101 Å². The summed E-state index contributed by atoms with van der Waals surface area (Å²) in [7, 11) is 0. The van der Waals surface area contributed by atoms with Gasteiger partial charge in [0.15, 0.2) is 0 Å². The SMILES string of the molecule is CCCCCCCCCCOC1CCNC1. The Morgan fingerprint density at radius 2 is 1.69 bits per heavy atom. The van der Waals surface area contributed by atoms with Gasteiger partial charge in [-0.3, -0.25) is 0 Å². The Morgan fingerprint density at radius 3 is 2.31 bits per heavy atom. The molecule has 1 rings (SSSR count). The molecule has 16 heavy (non-hydrogen) atoms. The summed E-state index contributed by atoms with van der Waals surface area (Å²) in [6, 6.07) is 0. The molecule has 0 spiro atoms. The van der Waals surface area contributed by atoms with E-state index in [1.165, 1.54) is 57.8 Å². The van der Waals surface area contributed by atoms with Crippen LogP contribution in [0.4, 0.5) is 0 Å². The van der Waals surface area contributed by atoms with Crippen LogP contribution in [0.1, 0.15) is 64.7 Å². The predicted molar refractivity (Wildman–Crippen MR) is 69.8 cm³/mol. The van der Waals surface area contributed by atoms with Crippen molar-refractivity contribution in [3.8, 4) is 0 Å². The minimum Gasteiger partial charge on any atom is -0.377 e. The van der Waals surface area contributed by atoms with Crippen LogP contribution in [-0.4, -0.2) is 25.8 Å². The highest BCUT2D eigenvalue weighted by Crippen LogP contribution is 2.09. The third kappa shape index (κ3) is 7.24. The van der Waals surface area contributed by atoms with Crippen LogP contribution in [0.5, 0.6) is 0 Å². The Bertz CT molecular complexity index is 144. The van der Waals surface area contributed by atoms with Gasteiger partial charge in [0.1, 0.15) is 0 Å². The largest absolute Gasteiger partial charge is 0.377 e. The molecule has 1 fully saturated rings. The fourth-order valence-electron chi connectivity index (χ4n) is 2.26. The number of ether oxygens (including phenoxy) is 1. The third-order valence-electron chi connectivity index (χ3n) is 3.37. The molecule has 0 radical (unpaired) electrons. The van der Waals surface area contributed by atoms with Crippen LogP contribution in [0.25, 0.3) is 0 Å². The topological polar surface area (TPSA) is 21.3 Å². The molecule has 1 saturated heterocycles. The minimum absolute atomic E-state index is 0.504. The zero-order valence-electron chi connectivity index (χ0n) is 11.0. The molecule has 1 unspecified atom stereocenters. The van der Waals surface area contributed by atoms with E-state index in [-0.39, 0.29) is 0 Å². The minimum atomic E-state index is 0.504. The molecule has 1 atom stereocenters. The van der Waals surface area contributed by atoms with Gasteiger partial charge in [0, 0.05) is 13.2 Å². The second-order valence-electron chi connectivity index (χ2n) is 4.96. The molecule has 1 N–H and O–H groups in total. The lowest BCUT2D eigenvalue weighted by Crippen LogP contribution is -2.17. The van der Waals surface area contributed by atoms with E-state index in [0.717, 1.165) is 19.7 Å². The normalized spacial score (nSPS) is 20.4. The fourth-order valence-corrected chi connectivity index (χ4v) is 2.26. The summed E-state index contributed by atoms with van der Waals surface area (Å²) < 4.78 is 5.79. The lowest BCUT2D eigenvalue weighted by Gasteiger charge is -2.09. The van der Waals surface area contributed by atoms with Crippen LogP contribution in [0.2, 0.25) is 0 Å². The third-order valence-corrected chi connectivity index (χ3v) is 3.37. The van der Waals surface area contributed by atoms with Crippen molar-refractivity contribution >= 4 is 0 Å². The van der Waals surface area contributed by atoms with E-state index in [0.29, 0.717) is 6.10 Å². The standard InChI is InChI=1S/C14H29NO/c1-2-3-4-5-6-7-8-9-12-16-14-10-11-15-13-14/h14-15H,2-13H2,1H3. The van der Waals surface area contributed by atoms with Gasteiger partial charge < -0.3 is 10.1 Å². The summed E-state index contributed by atoms with van der Waals surface area (Å²) in [4.78, 5) is 0. The summed E-state index contributed by atoms with van der Waals surface area (Å²) in [5.74, 6) is 0. The van der Waals surface area contributed by atoms with E-state index in [9.17, 15) is 0 Å². The molecule has 96 valence electrons. The van der Waals surface area contributed by atoms with E-state index >= 15 is 0 Å². The summed E-state index contributed by atoms with van der Waals surface area (Å²) >= 11 is 0. The highest BCUT2D eigenvalue weighted by Gasteiger charge is 2.13. The van der Waals surface area contributed by atoms with Crippen molar-refractivity contribution in [1.29, 1.82) is 0 Å². The lowest BCUT2D eigenvalue weighted by atomic mass is 10.1. The van der Waals surface area contributed by atoms with Gasteiger partial charge in [0.05, 0.1) is 6.10 Å². The second-order valence-corrected chi connectivity index (χ2v) is 4.96. The van der Waals surface area contributed by atoms with E-state index in [4.69, 9.17) is 4.74 Å². The molecule has 0 amide bonds. The molecule has 0 aromatic heterocycles. The molecule has 1 heterocycles. The van der Waals surface area contributed by atoms with Crippen molar-refractivity contribution in [2.24, 2.45) is 0 Å². The Kier molecular flexibility index (Phi) is 8.83. The molecule has 2 heteroatoms. The van der Waals surface area contributed by atoms with Gasteiger partial charge in [-0.05, 0) is 19.4 Å². The zero-order chi connectivity index (χ0) is 11.5. The number of unbranched alkanes of at least 4 members (excludes halogenated alkanes) is 7. The molecular weight excluding hydrogens is 198 g/mol. The molecular formula is C14H29NO. The molecule has 0 aromatic carbocycles. The molecule has 0 bridgehead atoms. The van der Waals surface area contributed by atoms with Crippen LogP contribution in [0, 0.1) is 0 Å². The van der Waals surface area contributed by atoms with Crippen LogP contribution in [0.15, 0.2) is 0 Å². The number of nitrogens with one attached hydrogen (secondary N) is 1. The summed E-state index contributed by atoms with van der Waals surface area (Å²) in [5.41, 5.74) is 0. The first-order valence-electron chi connectivity index (χ1n) is 7.26. The first-order valence-corrected chi connectivity index (χ1v) is 7.26. The van der Waals surface area contributed by atoms with Crippen LogP contribution in [-0.2, 0) is 4.74 Å². The maximum Gasteiger partial charge on any atom is 0.0711 e.